The molecule has 3 fully saturated rings. The number of alkyl halides is 3. The van der Waals surface area contributed by atoms with Crippen LogP contribution < -0.4 is 5.73 Å². The number of amides is 1. The number of aliphatic carboxylic acids is 1. The van der Waals surface area contributed by atoms with E-state index in [4.69, 9.17) is 20.9 Å². The van der Waals surface area contributed by atoms with Crippen LogP contribution in [0, 0.1) is 22.7 Å². The van der Waals surface area contributed by atoms with E-state index in [1.807, 2.05) is 0 Å². The van der Waals surface area contributed by atoms with Gasteiger partial charge in [0.25, 0.3) is 0 Å². The molecule has 3 rings (SSSR count). The number of hydrogen-bond acceptors (Lipinski definition) is 5. The molecule has 4 atom stereocenters. The van der Waals surface area contributed by atoms with Crippen LogP contribution in [0.5, 0.6) is 0 Å². The van der Waals surface area contributed by atoms with Gasteiger partial charge in [-0.05, 0) is 31.6 Å². The van der Waals surface area contributed by atoms with Gasteiger partial charge in [0, 0.05) is 11.5 Å². The molecule has 1 saturated heterocycles. The Morgan fingerprint density at radius 1 is 1.31 bits per heavy atom. The van der Waals surface area contributed by atoms with E-state index in [0.717, 1.165) is 38.5 Å². The molecule has 146 valence electrons. The minimum Gasteiger partial charge on any atom is -0.475 e. The smallest absolute Gasteiger partial charge is 0.475 e. The molecule has 0 aromatic rings. The Labute approximate surface area is 148 Å². The van der Waals surface area contributed by atoms with Crippen LogP contribution in [0.2, 0.25) is 0 Å². The highest BCUT2D eigenvalue weighted by Gasteiger charge is 2.56. The standard InChI is InChI=1S/C14H21N3O2.C2HF3O2/c15-7-10-5-9-6-11(9)17(10)13(19)12(16)14(8-18)3-1-2-4-14;3-2(4,5)1(6)7/h9-12,18H,1-6,8,16H2;(H,6,7)/t9-,10+,11+,12-;/m1./s1. The Bertz CT molecular complexity index is 599. The number of piperidine rings is 1. The number of rotatable bonds is 3. The van der Waals surface area contributed by atoms with Gasteiger partial charge in [0.2, 0.25) is 5.91 Å². The summed E-state index contributed by atoms with van der Waals surface area (Å²) in [6.45, 7) is -0.0287. The van der Waals surface area contributed by atoms with E-state index in [1.54, 1.807) is 4.90 Å². The largest absolute Gasteiger partial charge is 0.490 e. The average molecular weight is 377 g/mol. The maximum absolute atomic E-state index is 12.6. The van der Waals surface area contributed by atoms with Gasteiger partial charge in [-0.25, -0.2) is 4.79 Å². The summed E-state index contributed by atoms with van der Waals surface area (Å²) >= 11 is 0. The van der Waals surface area contributed by atoms with Gasteiger partial charge in [0.1, 0.15) is 6.04 Å². The second-order valence-electron chi connectivity index (χ2n) is 7.20. The zero-order valence-corrected chi connectivity index (χ0v) is 14.1. The highest BCUT2D eigenvalue weighted by molar-refractivity contribution is 5.84. The molecule has 26 heavy (non-hydrogen) atoms. The Morgan fingerprint density at radius 2 is 1.85 bits per heavy atom. The first-order valence-corrected chi connectivity index (χ1v) is 8.45. The van der Waals surface area contributed by atoms with Gasteiger partial charge in [-0.2, -0.15) is 18.4 Å². The first kappa shape index (κ1) is 20.5. The van der Waals surface area contributed by atoms with E-state index >= 15 is 0 Å². The van der Waals surface area contributed by atoms with Gasteiger partial charge >= 0.3 is 12.1 Å². The minimum atomic E-state index is -5.08. The van der Waals surface area contributed by atoms with Crippen molar-refractivity contribution < 1.29 is 33.0 Å². The third-order valence-corrected chi connectivity index (χ3v) is 5.59. The van der Waals surface area contributed by atoms with Crippen molar-refractivity contribution in [1.82, 2.24) is 4.90 Å². The number of nitrogens with zero attached hydrogens (tertiary/aromatic N) is 2. The van der Waals surface area contributed by atoms with E-state index in [0.29, 0.717) is 5.92 Å². The van der Waals surface area contributed by atoms with Crippen LogP contribution in [-0.2, 0) is 9.59 Å². The van der Waals surface area contributed by atoms with E-state index in [1.165, 1.54) is 0 Å². The van der Waals surface area contributed by atoms with Crippen molar-refractivity contribution in [2.24, 2.45) is 17.1 Å². The second kappa shape index (κ2) is 7.40. The number of carboxylic acid groups (broad SMARTS) is 1. The lowest BCUT2D eigenvalue weighted by Gasteiger charge is -2.36. The lowest BCUT2D eigenvalue weighted by atomic mass is 9.79. The zero-order chi connectivity index (χ0) is 19.7. The van der Waals surface area contributed by atoms with Gasteiger partial charge in [0.15, 0.2) is 0 Å². The number of halogens is 3. The molecule has 1 amide bonds. The summed E-state index contributed by atoms with van der Waals surface area (Å²) in [7, 11) is 0. The fourth-order valence-corrected chi connectivity index (χ4v) is 3.96. The molecule has 0 bridgehead atoms. The van der Waals surface area contributed by atoms with Gasteiger partial charge in [-0.1, -0.05) is 12.8 Å². The number of carboxylic acids is 1. The summed E-state index contributed by atoms with van der Waals surface area (Å²) in [6, 6.07) is 1.49. The summed E-state index contributed by atoms with van der Waals surface area (Å²) in [6.07, 6.45) is 0.407. The van der Waals surface area contributed by atoms with Crippen molar-refractivity contribution in [3.63, 3.8) is 0 Å². The fourth-order valence-electron chi connectivity index (χ4n) is 3.96. The monoisotopic (exact) mass is 377 g/mol. The first-order chi connectivity index (χ1) is 12.1. The molecule has 2 aliphatic carbocycles. The zero-order valence-electron chi connectivity index (χ0n) is 14.1. The molecule has 0 unspecified atom stereocenters. The molecule has 1 aliphatic heterocycles. The molecule has 0 aromatic heterocycles. The predicted molar refractivity (Wildman–Crippen MR) is 82.4 cm³/mol. The number of carbonyl (C=O) groups is 2. The van der Waals surface area contributed by atoms with Crippen molar-refractivity contribution in [2.75, 3.05) is 6.61 Å². The fraction of sp³-hybridized carbons (Fsp3) is 0.812. The third-order valence-electron chi connectivity index (χ3n) is 5.59. The van der Waals surface area contributed by atoms with E-state index < -0.39 is 23.6 Å². The Morgan fingerprint density at radius 3 is 2.27 bits per heavy atom. The molecule has 0 aromatic carbocycles. The summed E-state index contributed by atoms with van der Waals surface area (Å²) in [5, 5.41) is 25.9. The molecule has 2 saturated carbocycles. The predicted octanol–water partition coefficient (Wildman–Crippen LogP) is 1.01. The summed E-state index contributed by atoms with van der Waals surface area (Å²) in [5.74, 6) is -2.37. The highest BCUT2D eigenvalue weighted by atomic mass is 19.4. The van der Waals surface area contributed by atoms with Crippen molar-refractivity contribution in [1.29, 1.82) is 5.26 Å². The number of aliphatic hydroxyl groups is 1. The Balaban J connectivity index is 0.000000298. The third kappa shape index (κ3) is 3.94. The molecule has 0 spiro atoms. The van der Waals surface area contributed by atoms with E-state index in [9.17, 15) is 23.1 Å². The summed E-state index contributed by atoms with van der Waals surface area (Å²) in [5.41, 5.74) is 5.73. The number of carbonyl (C=O) groups excluding carboxylic acids is 1. The number of nitriles is 1. The van der Waals surface area contributed by atoms with Gasteiger partial charge in [0.05, 0.1) is 18.7 Å². The molecule has 0 radical (unpaired) electrons. The van der Waals surface area contributed by atoms with E-state index in [2.05, 4.69) is 6.07 Å². The van der Waals surface area contributed by atoms with Gasteiger partial charge < -0.3 is 20.8 Å². The minimum absolute atomic E-state index is 0.0287. The second-order valence-corrected chi connectivity index (χ2v) is 7.20. The average Bonchev–Trinajstić information content (AvgIpc) is 3.03. The van der Waals surface area contributed by atoms with Crippen LogP contribution in [-0.4, -0.2) is 57.9 Å². The summed E-state index contributed by atoms with van der Waals surface area (Å²) < 4.78 is 31.7. The Hall–Kier alpha value is -1.86. The maximum atomic E-state index is 12.6. The molecule has 3 aliphatic rings. The van der Waals surface area contributed by atoms with Gasteiger partial charge in [-0.3, -0.25) is 4.79 Å². The summed E-state index contributed by atoms with van der Waals surface area (Å²) in [4.78, 5) is 23.3. The molecular weight excluding hydrogens is 355 g/mol. The van der Waals surface area contributed by atoms with Crippen LogP contribution in [0.1, 0.15) is 38.5 Å². The molecule has 1 heterocycles. The van der Waals surface area contributed by atoms with Crippen LogP contribution in [0.4, 0.5) is 13.2 Å². The number of fused-ring (bicyclic) bond motifs is 1. The first-order valence-electron chi connectivity index (χ1n) is 8.45. The molecular formula is C16H22F3N3O4. The number of aliphatic hydroxyl groups excluding tert-OH is 1. The normalized spacial score (nSPS) is 29.8. The van der Waals surface area contributed by atoms with Gasteiger partial charge in [-0.15, -0.1) is 0 Å². The Kier molecular flexibility index (Phi) is 5.82. The van der Waals surface area contributed by atoms with Crippen molar-refractivity contribution in [3.8, 4) is 6.07 Å². The number of likely N-dealkylation sites (tertiary alicyclic amines) is 1. The quantitative estimate of drug-likeness (QED) is 0.674. The number of nitrogens with two attached hydrogens (primary N) is 1. The van der Waals surface area contributed by atoms with Crippen molar-refractivity contribution >= 4 is 11.9 Å². The molecule has 7 nitrogen and oxygen atoms in total. The lowest BCUT2D eigenvalue weighted by Crippen LogP contribution is -2.55. The SMILES string of the molecule is N#C[C@@H]1C[C@@H]2C[C@@H]2N1C(=O)[C@@H](N)C1(CO)CCCC1.O=C(O)C(F)(F)F. The van der Waals surface area contributed by atoms with Crippen LogP contribution >= 0.6 is 0 Å². The van der Waals surface area contributed by atoms with Crippen molar-refractivity contribution in [3.05, 3.63) is 0 Å². The highest BCUT2D eigenvalue weighted by Crippen LogP contribution is 2.49. The van der Waals surface area contributed by atoms with E-state index in [-0.39, 0.29) is 24.6 Å². The van der Waals surface area contributed by atoms with Crippen LogP contribution in [0.25, 0.3) is 0 Å². The number of hydrogen-bond donors (Lipinski definition) is 3. The topological polar surface area (TPSA) is 128 Å². The van der Waals surface area contributed by atoms with Crippen LogP contribution in [0.3, 0.4) is 0 Å². The molecule has 10 heteroatoms. The van der Waals surface area contributed by atoms with Crippen molar-refractivity contribution in [2.45, 2.75) is 62.8 Å². The van der Waals surface area contributed by atoms with Crippen LogP contribution in [0.15, 0.2) is 0 Å². The lowest BCUT2D eigenvalue weighted by molar-refractivity contribution is -0.192. The maximum Gasteiger partial charge on any atom is 0.490 e. The molecule has 4 N–H and O–H groups in total.